The van der Waals surface area contributed by atoms with Gasteiger partial charge >= 0.3 is 17.9 Å². The molecule has 13 heteroatoms. The van der Waals surface area contributed by atoms with Gasteiger partial charge in [-0.2, -0.15) is 0 Å². The maximum absolute atomic E-state index is 13.2. The molecule has 11 nitrogen and oxygen atoms in total. The van der Waals surface area contributed by atoms with Gasteiger partial charge in [-0.15, -0.1) is 0 Å². The van der Waals surface area contributed by atoms with E-state index in [-0.39, 0.29) is 30.4 Å². The van der Waals surface area contributed by atoms with Gasteiger partial charge in [-0.3, -0.25) is 14.4 Å². The number of pyridine rings is 1. The van der Waals surface area contributed by atoms with Crippen LogP contribution in [0.5, 0.6) is 11.5 Å². The second kappa shape index (κ2) is 14.5. The number of nitrogens with zero attached hydrogens (tertiary/aromatic N) is 1. The molecule has 3 rings (SSSR count). The van der Waals surface area contributed by atoms with Crippen LogP contribution in [0, 0.1) is 11.8 Å². The number of rotatable bonds is 8. The van der Waals surface area contributed by atoms with Crippen LogP contribution in [0.4, 0.5) is 0 Å². The van der Waals surface area contributed by atoms with Crippen molar-refractivity contribution in [2.45, 2.75) is 52.4 Å². The maximum Gasteiger partial charge on any atom is 0.331 e. The predicted octanol–water partition coefficient (Wildman–Crippen LogP) is 3.81. The van der Waals surface area contributed by atoms with Crippen LogP contribution in [0.15, 0.2) is 30.5 Å². The van der Waals surface area contributed by atoms with E-state index in [9.17, 15) is 19.2 Å². The topological polar surface area (TPSA) is 139 Å². The molecule has 0 bridgehead atoms. The van der Waals surface area contributed by atoms with Crippen LogP contribution in [-0.4, -0.2) is 67.4 Å². The summed E-state index contributed by atoms with van der Waals surface area (Å²) in [6.07, 6.45) is -0.176. The van der Waals surface area contributed by atoms with Crippen molar-refractivity contribution in [3.05, 3.63) is 51.8 Å². The number of nitrogens with one attached hydrogen (secondary N) is 1. The minimum absolute atomic E-state index is 0.0401. The van der Waals surface area contributed by atoms with Gasteiger partial charge in [-0.05, 0) is 31.0 Å². The van der Waals surface area contributed by atoms with Crippen LogP contribution in [0.2, 0.25) is 10.0 Å². The van der Waals surface area contributed by atoms with Crippen LogP contribution in [0.1, 0.15) is 43.7 Å². The first-order chi connectivity index (χ1) is 19.4. The monoisotopic (exact) mass is 610 g/mol. The van der Waals surface area contributed by atoms with Gasteiger partial charge in [-0.25, -0.2) is 9.78 Å². The van der Waals surface area contributed by atoms with Crippen LogP contribution in [0.3, 0.4) is 0 Å². The van der Waals surface area contributed by atoms with Gasteiger partial charge in [0, 0.05) is 35.2 Å². The highest BCUT2D eigenvalue weighted by Crippen LogP contribution is 2.31. The molecule has 4 unspecified atom stereocenters. The molecule has 1 aliphatic heterocycles. The summed E-state index contributed by atoms with van der Waals surface area (Å²) < 4.78 is 27.7. The molecule has 1 N–H and O–H groups in total. The lowest BCUT2D eigenvalue weighted by Crippen LogP contribution is -2.47. The molecule has 1 aromatic carbocycles. The zero-order chi connectivity index (χ0) is 30.3. The summed E-state index contributed by atoms with van der Waals surface area (Å²) >= 11 is 12.5. The number of aromatic nitrogens is 1. The third kappa shape index (κ3) is 8.54. The smallest absolute Gasteiger partial charge is 0.331 e. The van der Waals surface area contributed by atoms with E-state index in [0.29, 0.717) is 16.5 Å². The molecule has 2 aromatic rings. The predicted molar refractivity (Wildman–Crippen MR) is 148 cm³/mol. The Morgan fingerprint density at radius 2 is 1.90 bits per heavy atom. The Hall–Kier alpha value is -3.41. The molecule has 0 radical (unpaired) electrons. The lowest BCUT2D eigenvalue weighted by atomic mass is 9.91. The number of hydrogen-bond acceptors (Lipinski definition) is 10. The van der Waals surface area contributed by atoms with Crippen molar-refractivity contribution in [2.75, 3.05) is 20.3 Å². The minimum atomic E-state index is -1.26. The van der Waals surface area contributed by atoms with Crippen molar-refractivity contribution in [3.63, 3.8) is 0 Å². The van der Waals surface area contributed by atoms with Gasteiger partial charge in [0.25, 0.3) is 5.91 Å². The molecular formula is C28H32Cl2N2O9. The van der Waals surface area contributed by atoms with E-state index in [1.807, 2.05) is 0 Å². The fourth-order valence-corrected chi connectivity index (χ4v) is 4.63. The Kier molecular flexibility index (Phi) is 11.3. The molecule has 0 spiro atoms. The van der Waals surface area contributed by atoms with Crippen molar-refractivity contribution in [2.24, 2.45) is 11.8 Å². The summed E-state index contributed by atoms with van der Waals surface area (Å²) in [5.74, 6) is -3.82. The molecule has 1 saturated heterocycles. The van der Waals surface area contributed by atoms with E-state index in [1.54, 1.807) is 39.0 Å². The lowest BCUT2D eigenvalue weighted by molar-refractivity contribution is -0.173. The Morgan fingerprint density at radius 1 is 1.17 bits per heavy atom. The number of methoxy groups -OCH3 is 1. The SMILES string of the molecule is COc1ccnc(C(=O)NC2COCC(Cc3ccc(Cl)cc3Cl)C(OC(=O)C(C)C)C(C)OC2=O)c1OC(C)=O. The van der Waals surface area contributed by atoms with Crippen LogP contribution < -0.4 is 14.8 Å². The van der Waals surface area contributed by atoms with Crippen LogP contribution >= 0.6 is 23.2 Å². The third-order valence-electron chi connectivity index (χ3n) is 6.21. The fourth-order valence-electron chi connectivity index (χ4n) is 4.15. The van der Waals surface area contributed by atoms with Gasteiger partial charge in [0.15, 0.2) is 17.5 Å². The summed E-state index contributed by atoms with van der Waals surface area (Å²) in [7, 11) is 1.34. The van der Waals surface area contributed by atoms with Crippen LogP contribution in [0.25, 0.3) is 0 Å². The van der Waals surface area contributed by atoms with Gasteiger partial charge in [-0.1, -0.05) is 43.1 Å². The summed E-state index contributed by atoms with van der Waals surface area (Å²) in [6, 6.07) is 5.22. The number of hydrogen-bond donors (Lipinski definition) is 1. The normalized spacial score (nSPS) is 21.1. The average Bonchev–Trinajstić information content (AvgIpc) is 2.95. The molecule has 222 valence electrons. The summed E-state index contributed by atoms with van der Waals surface area (Å²) in [5.41, 5.74) is 0.458. The molecule has 4 atom stereocenters. The summed E-state index contributed by atoms with van der Waals surface area (Å²) in [6.45, 7) is 5.92. The van der Waals surface area contributed by atoms with Gasteiger partial charge < -0.3 is 29.0 Å². The Balaban J connectivity index is 1.87. The minimum Gasteiger partial charge on any atom is -0.493 e. The number of esters is 3. The first-order valence-electron chi connectivity index (χ1n) is 12.9. The highest BCUT2D eigenvalue weighted by molar-refractivity contribution is 6.35. The van der Waals surface area contributed by atoms with E-state index in [4.69, 9.17) is 46.9 Å². The Bertz CT molecular complexity index is 1290. The number of carbonyl (C=O) groups excluding carboxylic acids is 4. The molecule has 1 fully saturated rings. The highest BCUT2D eigenvalue weighted by atomic mass is 35.5. The van der Waals surface area contributed by atoms with E-state index in [2.05, 4.69) is 10.3 Å². The quantitative estimate of drug-likeness (QED) is 0.439. The maximum atomic E-state index is 13.2. The van der Waals surface area contributed by atoms with Crippen molar-refractivity contribution in [3.8, 4) is 11.5 Å². The molecule has 1 amide bonds. The van der Waals surface area contributed by atoms with Crippen molar-refractivity contribution < 1.29 is 42.9 Å². The van der Waals surface area contributed by atoms with E-state index >= 15 is 0 Å². The number of amides is 1. The van der Waals surface area contributed by atoms with Gasteiger partial charge in [0.05, 0.1) is 26.2 Å². The largest absolute Gasteiger partial charge is 0.493 e. The fraction of sp³-hybridized carbons (Fsp3) is 0.464. The molecule has 1 aromatic heterocycles. The van der Waals surface area contributed by atoms with Crippen molar-refractivity contribution >= 4 is 47.0 Å². The van der Waals surface area contributed by atoms with Crippen molar-refractivity contribution in [1.82, 2.24) is 10.3 Å². The van der Waals surface area contributed by atoms with Crippen molar-refractivity contribution in [1.29, 1.82) is 0 Å². The number of halogens is 2. The van der Waals surface area contributed by atoms with Gasteiger partial charge in [0.1, 0.15) is 12.2 Å². The second-order valence-electron chi connectivity index (χ2n) is 9.75. The van der Waals surface area contributed by atoms with Crippen LogP contribution in [-0.2, 0) is 35.0 Å². The molecular weight excluding hydrogens is 579 g/mol. The van der Waals surface area contributed by atoms with E-state index in [0.717, 1.165) is 12.5 Å². The summed E-state index contributed by atoms with van der Waals surface area (Å²) in [4.78, 5) is 54.6. The summed E-state index contributed by atoms with van der Waals surface area (Å²) in [5, 5.41) is 3.42. The molecule has 2 heterocycles. The first-order valence-corrected chi connectivity index (χ1v) is 13.6. The number of benzene rings is 1. The number of carbonyl (C=O) groups is 4. The zero-order valence-electron chi connectivity index (χ0n) is 23.3. The van der Waals surface area contributed by atoms with E-state index in [1.165, 1.54) is 19.4 Å². The Labute approximate surface area is 247 Å². The average molecular weight is 611 g/mol. The molecule has 1 aliphatic rings. The number of cyclic esters (lactones) is 1. The van der Waals surface area contributed by atoms with Gasteiger partial charge in [0.2, 0.25) is 5.75 Å². The second-order valence-corrected chi connectivity index (χ2v) is 10.6. The zero-order valence-corrected chi connectivity index (χ0v) is 24.8. The third-order valence-corrected chi connectivity index (χ3v) is 6.79. The standard InChI is InChI=1S/C28H32Cl2N2O9/c1-14(2)27(35)41-24-15(3)39-28(36)21(13-38-12-18(24)10-17-6-7-19(29)11-20(17)30)32-26(34)23-25(40-16(4)33)22(37-5)8-9-31-23/h6-9,11,14-15,18,21,24H,10,12-13H2,1-5H3,(H,32,34). The molecule has 0 aliphatic carbocycles. The Morgan fingerprint density at radius 3 is 2.54 bits per heavy atom. The lowest BCUT2D eigenvalue weighted by Gasteiger charge is -2.31. The number of ether oxygens (including phenoxy) is 5. The molecule has 41 heavy (non-hydrogen) atoms. The van der Waals surface area contributed by atoms with E-state index < -0.39 is 53.9 Å². The molecule has 0 saturated carbocycles. The highest BCUT2D eigenvalue weighted by Gasteiger charge is 2.38. The first kappa shape index (κ1) is 32.1.